The fraction of sp³-hybridized carbons (Fsp3) is 0.471. The minimum absolute atomic E-state index is 0.114. The van der Waals surface area contributed by atoms with Gasteiger partial charge in [-0.1, -0.05) is 28.0 Å². The summed E-state index contributed by atoms with van der Waals surface area (Å²) >= 11 is 1.92. The molecule has 0 radical (unpaired) electrons. The Balaban J connectivity index is 1.49. The highest BCUT2D eigenvalue weighted by atomic mass is 32.2. The van der Waals surface area contributed by atoms with Gasteiger partial charge in [0.15, 0.2) is 0 Å². The second-order valence-corrected chi connectivity index (χ2v) is 7.36. The summed E-state index contributed by atoms with van der Waals surface area (Å²) in [5.74, 6) is 0.114. The van der Waals surface area contributed by atoms with E-state index in [1.807, 2.05) is 23.6 Å². The number of likely N-dealkylation sites (tertiary alicyclic amines) is 1. The highest BCUT2D eigenvalue weighted by molar-refractivity contribution is 8.00. The number of hydrogen-bond acceptors (Lipinski definition) is 5. The predicted molar refractivity (Wildman–Crippen MR) is 89.4 cm³/mol. The SMILES string of the molecule is Cc1ccc(SC2CCN(C(=O)Cc3nonc3C)CC2)cc1. The molecule has 2 aromatic rings. The largest absolute Gasteiger partial charge is 0.342 e. The summed E-state index contributed by atoms with van der Waals surface area (Å²) in [6.45, 7) is 5.54. The third-order valence-electron chi connectivity index (χ3n) is 4.18. The second-order valence-electron chi connectivity index (χ2n) is 5.98. The zero-order valence-corrected chi connectivity index (χ0v) is 14.3. The van der Waals surface area contributed by atoms with Crippen molar-refractivity contribution in [2.45, 2.75) is 43.3 Å². The van der Waals surface area contributed by atoms with E-state index in [4.69, 9.17) is 0 Å². The molecule has 0 N–H and O–H groups in total. The molecule has 0 atom stereocenters. The van der Waals surface area contributed by atoms with Gasteiger partial charge in [0.1, 0.15) is 11.4 Å². The summed E-state index contributed by atoms with van der Waals surface area (Å²) in [5.41, 5.74) is 2.63. The summed E-state index contributed by atoms with van der Waals surface area (Å²) in [4.78, 5) is 15.6. The molecule has 23 heavy (non-hydrogen) atoms. The van der Waals surface area contributed by atoms with E-state index in [2.05, 4.69) is 46.1 Å². The molecule has 0 unspecified atom stereocenters. The monoisotopic (exact) mass is 331 g/mol. The van der Waals surface area contributed by atoms with Crippen LogP contribution in [0.5, 0.6) is 0 Å². The Labute approximate surface area is 140 Å². The van der Waals surface area contributed by atoms with E-state index in [0.717, 1.165) is 25.9 Å². The smallest absolute Gasteiger partial charge is 0.228 e. The van der Waals surface area contributed by atoms with Gasteiger partial charge >= 0.3 is 0 Å². The molecule has 6 heteroatoms. The lowest BCUT2D eigenvalue weighted by Crippen LogP contribution is -2.40. The van der Waals surface area contributed by atoms with Gasteiger partial charge < -0.3 is 4.90 Å². The van der Waals surface area contributed by atoms with Crippen molar-refractivity contribution in [2.24, 2.45) is 0 Å². The van der Waals surface area contributed by atoms with Crippen molar-refractivity contribution < 1.29 is 9.42 Å². The summed E-state index contributed by atoms with van der Waals surface area (Å²) in [7, 11) is 0. The van der Waals surface area contributed by atoms with Crippen LogP contribution >= 0.6 is 11.8 Å². The van der Waals surface area contributed by atoms with Gasteiger partial charge in [0, 0.05) is 23.2 Å². The van der Waals surface area contributed by atoms with E-state index in [1.165, 1.54) is 10.5 Å². The number of piperidine rings is 1. The van der Waals surface area contributed by atoms with Crippen LogP contribution in [0.2, 0.25) is 0 Å². The molecule has 3 rings (SSSR count). The summed E-state index contributed by atoms with van der Waals surface area (Å²) in [6.07, 6.45) is 2.34. The fourth-order valence-electron chi connectivity index (χ4n) is 2.70. The summed E-state index contributed by atoms with van der Waals surface area (Å²) < 4.78 is 4.65. The lowest BCUT2D eigenvalue weighted by Gasteiger charge is -2.31. The van der Waals surface area contributed by atoms with Gasteiger partial charge in [-0.2, -0.15) is 0 Å². The van der Waals surface area contributed by atoms with Gasteiger partial charge in [-0.3, -0.25) is 4.79 Å². The number of carbonyl (C=O) groups is 1. The molecule has 0 spiro atoms. The lowest BCUT2D eigenvalue weighted by atomic mass is 10.1. The predicted octanol–water partition coefficient (Wildman–Crippen LogP) is 3.01. The van der Waals surface area contributed by atoms with Gasteiger partial charge in [-0.05, 0) is 38.8 Å². The topological polar surface area (TPSA) is 59.2 Å². The Kier molecular flexibility index (Phi) is 5.00. The molecule has 5 nitrogen and oxygen atoms in total. The molecule has 2 heterocycles. The molecule has 1 aliphatic heterocycles. The van der Waals surface area contributed by atoms with Gasteiger partial charge in [-0.15, -0.1) is 11.8 Å². The van der Waals surface area contributed by atoms with Crippen molar-refractivity contribution in [1.82, 2.24) is 15.2 Å². The molecular weight excluding hydrogens is 310 g/mol. The number of nitrogens with zero attached hydrogens (tertiary/aromatic N) is 3. The van der Waals surface area contributed by atoms with E-state index < -0.39 is 0 Å². The molecule has 0 saturated carbocycles. The molecule has 122 valence electrons. The molecule has 1 amide bonds. The third-order valence-corrected chi connectivity index (χ3v) is 5.53. The van der Waals surface area contributed by atoms with Gasteiger partial charge in [0.25, 0.3) is 0 Å². The quantitative estimate of drug-likeness (QED) is 0.862. The third kappa shape index (κ3) is 4.13. The first-order valence-corrected chi connectivity index (χ1v) is 8.79. The van der Waals surface area contributed by atoms with Crippen molar-refractivity contribution in [1.29, 1.82) is 0 Å². The molecule has 0 bridgehead atoms. The zero-order valence-electron chi connectivity index (χ0n) is 13.5. The fourth-order valence-corrected chi connectivity index (χ4v) is 3.82. The maximum absolute atomic E-state index is 12.3. The van der Waals surface area contributed by atoms with Crippen molar-refractivity contribution in [3.8, 4) is 0 Å². The normalized spacial score (nSPS) is 15.8. The van der Waals surface area contributed by atoms with Crippen molar-refractivity contribution >= 4 is 17.7 Å². The van der Waals surface area contributed by atoms with Crippen molar-refractivity contribution in [3.63, 3.8) is 0 Å². The number of amides is 1. The molecule has 1 aromatic heterocycles. The van der Waals surface area contributed by atoms with Crippen LogP contribution in [-0.2, 0) is 11.2 Å². The number of aryl methyl sites for hydroxylation is 2. The minimum atomic E-state index is 0.114. The van der Waals surface area contributed by atoms with E-state index >= 15 is 0 Å². The van der Waals surface area contributed by atoms with Crippen LogP contribution in [0.1, 0.15) is 29.8 Å². The first-order chi connectivity index (χ1) is 11.1. The van der Waals surface area contributed by atoms with Crippen LogP contribution < -0.4 is 0 Å². The van der Waals surface area contributed by atoms with E-state index in [0.29, 0.717) is 16.6 Å². The summed E-state index contributed by atoms with van der Waals surface area (Å²) in [6, 6.07) is 8.65. The Morgan fingerprint density at radius 1 is 1.22 bits per heavy atom. The zero-order chi connectivity index (χ0) is 16.2. The molecule has 0 aliphatic carbocycles. The van der Waals surface area contributed by atoms with E-state index in [9.17, 15) is 4.79 Å². The van der Waals surface area contributed by atoms with Crippen molar-refractivity contribution in [3.05, 3.63) is 41.2 Å². The Morgan fingerprint density at radius 3 is 2.52 bits per heavy atom. The number of aromatic nitrogens is 2. The number of thioether (sulfide) groups is 1. The van der Waals surface area contributed by atoms with Crippen LogP contribution in [0.3, 0.4) is 0 Å². The number of benzene rings is 1. The Morgan fingerprint density at radius 2 is 1.91 bits per heavy atom. The Hall–Kier alpha value is -1.82. The second kappa shape index (κ2) is 7.17. The van der Waals surface area contributed by atoms with Crippen LogP contribution in [-0.4, -0.2) is 39.5 Å². The van der Waals surface area contributed by atoms with Gasteiger partial charge in [0.05, 0.1) is 6.42 Å². The summed E-state index contributed by atoms with van der Waals surface area (Å²) in [5, 5.41) is 8.09. The standard InChI is InChI=1S/C17H21N3O2S/c1-12-3-5-14(6-4-12)23-15-7-9-20(10-8-15)17(21)11-16-13(2)18-22-19-16/h3-6,15H,7-11H2,1-2H3. The molecule has 1 saturated heterocycles. The number of rotatable bonds is 4. The number of hydrogen-bond donors (Lipinski definition) is 0. The highest BCUT2D eigenvalue weighted by Crippen LogP contribution is 2.30. The lowest BCUT2D eigenvalue weighted by molar-refractivity contribution is -0.131. The Bertz CT molecular complexity index is 661. The van der Waals surface area contributed by atoms with Gasteiger partial charge in [-0.25, -0.2) is 4.63 Å². The average molecular weight is 331 g/mol. The maximum atomic E-state index is 12.3. The minimum Gasteiger partial charge on any atom is -0.342 e. The first kappa shape index (κ1) is 16.1. The van der Waals surface area contributed by atoms with Gasteiger partial charge in [0.2, 0.25) is 5.91 Å². The first-order valence-electron chi connectivity index (χ1n) is 7.91. The number of carbonyl (C=O) groups excluding carboxylic acids is 1. The van der Waals surface area contributed by atoms with E-state index in [-0.39, 0.29) is 12.3 Å². The molecular formula is C17H21N3O2S. The van der Waals surface area contributed by atoms with E-state index in [1.54, 1.807) is 0 Å². The maximum Gasteiger partial charge on any atom is 0.228 e. The molecule has 1 aromatic carbocycles. The van der Waals surface area contributed by atoms with Crippen LogP contribution in [0.25, 0.3) is 0 Å². The van der Waals surface area contributed by atoms with Crippen LogP contribution in [0, 0.1) is 13.8 Å². The molecule has 1 fully saturated rings. The highest BCUT2D eigenvalue weighted by Gasteiger charge is 2.24. The van der Waals surface area contributed by atoms with Crippen LogP contribution in [0.4, 0.5) is 0 Å². The van der Waals surface area contributed by atoms with Crippen molar-refractivity contribution in [2.75, 3.05) is 13.1 Å². The molecule has 1 aliphatic rings. The van der Waals surface area contributed by atoms with Crippen LogP contribution in [0.15, 0.2) is 33.8 Å². The average Bonchev–Trinajstić information content (AvgIpc) is 2.95.